The molecule has 6 atom stereocenters. The Balaban J connectivity index is 1.92. The molecule has 0 radical (unpaired) electrons. The number of hydrogen-bond donors (Lipinski definition) is 6. The van der Waals surface area contributed by atoms with Crippen molar-refractivity contribution < 1.29 is 29.6 Å². The number of carboxylic acid groups (broad SMARTS) is 1. The van der Waals surface area contributed by atoms with Crippen LogP contribution >= 0.6 is 0 Å². The van der Waals surface area contributed by atoms with Crippen LogP contribution in [0, 0.1) is 0 Å². The second-order valence-electron chi connectivity index (χ2n) is 8.68. The largest absolute Gasteiger partial charge is 0.480 e. The van der Waals surface area contributed by atoms with Gasteiger partial charge in [0.2, 0.25) is 5.91 Å². The number of nitrogens with two attached hydrogens (primary N) is 1. The topological polar surface area (TPSA) is 197 Å². The van der Waals surface area contributed by atoms with Crippen molar-refractivity contribution in [1.29, 1.82) is 0 Å². The average molecular weight is 485 g/mol. The highest BCUT2D eigenvalue weighted by Gasteiger charge is 2.50. The number of rotatable bonds is 14. The molecular weight excluding hydrogens is 448 g/mol. The molecule has 1 amide bonds. The normalized spacial score (nSPS) is 24.0. The first-order valence-corrected chi connectivity index (χ1v) is 11.8. The van der Waals surface area contributed by atoms with Crippen LogP contribution in [0.25, 0.3) is 0 Å². The Hall–Kier alpha value is -2.54. The Morgan fingerprint density at radius 2 is 1.74 bits per heavy atom. The zero-order chi connectivity index (χ0) is 25.3. The fraction of sp³-hybridized carbons (Fsp3) is 0.727. The Morgan fingerprint density at radius 3 is 2.32 bits per heavy atom. The van der Waals surface area contributed by atoms with E-state index >= 15 is 0 Å². The molecule has 0 spiro atoms. The Kier molecular flexibility index (Phi) is 10.9. The molecule has 2 heterocycles. The van der Waals surface area contributed by atoms with Crippen LogP contribution in [0.3, 0.4) is 0 Å². The summed E-state index contributed by atoms with van der Waals surface area (Å²) in [6.07, 6.45) is 3.63. The van der Waals surface area contributed by atoms with Crippen LogP contribution in [-0.4, -0.2) is 67.1 Å². The first-order valence-electron chi connectivity index (χ1n) is 11.8. The summed E-state index contributed by atoms with van der Waals surface area (Å²) in [5, 5.41) is 32.6. The first kappa shape index (κ1) is 27.7. The molecular formula is C22H36N4O8. The quantitative estimate of drug-likeness (QED) is 0.190. The highest BCUT2D eigenvalue weighted by molar-refractivity contribution is 5.87. The van der Waals surface area contributed by atoms with Crippen molar-refractivity contribution in [2.75, 3.05) is 0 Å². The molecule has 1 fully saturated rings. The molecule has 0 saturated carbocycles. The van der Waals surface area contributed by atoms with Gasteiger partial charge in [-0.3, -0.25) is 19.1 Å². The maximum absolute atomic E-state index is 12.5. The SMILES string of the molecule is CCCCCCCCCCC(N)C(=O)N[C@H](C(=O)O)[C@H]1O[C@@H](n2ccc(=O)[nH]c2=O)[C@H](O)[C@@H]1O. The zero-order valence-corrected chi connectivity index (χ0v) is 19.4. The number of carboxylic acids is 1. The van der Waals surface area contributed by atoms with Crippen LogP contribution in [0.5, 0.6) is 0 Å². The Bertz CT molecular complexity index is 917. The van der Waals surface area contributed by atoms with E-state index in [1.165, 1.54) is 25.7 Å². The zero-order valence-electron chi connectivity index (χ0n) is 19.4. The number of aliphatic hydroxyl groups excluding tert-OH is 2. The van der Waals surface area contributed by atoms with Crippen LogP contribution in [0.4, 0.5) is 0 Å². The number of carbonyl (C=O) groups excluding carboxylic acids is 1. The number of carbonyl (C=O) groups is 2. The molecule has 1 unspecified atom stereocenters. The fourth-order valence-electron chi connectivity index (χ4n) is 3.99. The molecule has 2 rings (SSSR count). The molecule has 1 aliphatic heterocycles. The van der Waals surface area contributed by atoms with Gasteiger partial charge >= 0.3 is 11.7 Å². The minimum atomic E-state index is -1.73. The second-order valence-corrected chi connectivity index (χ2v) is 8.68. The maximum Gasteiger partial charge on any atom is 0.330 e. The molecule has 0 aliphatic carbocycles. The minimum absolute atomic E-state index is 0.374. The molecule has 1 aromatic heterocycles. The number of aromatic amines is 1. The number of nitrogens with zero attached hydrogens (tertiary/aromatic N) is 1. The molecule has 12 nitrogen and oxygen atoms in total. The van der Waals surface area contributed by atoms with E-state index in [4.69, 9.17) is 10.5 Å². The van der Waals surface area contributed by atoms with Gasteiger partial charge in [-0.1, -0.05) is 58.3 Å². The maximum atomic E-state index is 12.5. The summed E-state index contributed by atoms with van der Waals surface area (Å²) in [6, 6.07) is -1.65. The van der Waals surface area contributed by atoms with Crippen molar-refractivity contribution >= 4 is 11.9 Å². The molecule has 1 aliphatic rings. The number of unbranched alkanes of at least 4 members (excludes halogenated alkanes) is 7. The summed E-state index contributed by atoms with van der Waals surface area (Å²) in [5.74, 6) is -2.22. The lowest BCUT2D eigenvalue weighted by Crippen LogP contribution is -2.56. The van der Waals surface area contributed by atoms with Gasteiger partial charge in [-0.2, -0.15) is 0 Å². The van der Waals surface area contributed by atoms with Crippen molar-refractivity contribution in [3.05, 3.63) is 33.1 Å². The molecule has 0 bridgehead atoms. The number of aliphatic hydroxyl groups is 2. The number of aromatic nitrogens is 2. The third-order valence-corrected chi connectivity index (χ3v) is 6.00. The summed E-state index contributed by atoms with van der Waals surface area (Å²) in [4.78, 5) is 49.5. The fourth-order valence-corrected chi connectivity index (χ4v) is 3.99. The van der Waals surface area contributed by atoms with E-state index in [0.29, 0.717) is 6.42 Å². The molecule has 34 heavy (non-hydrogen) atoms. The standard InChI is InChI=1S/C22H36N4O8/c1-2-3-4-5-6-7-8-9-10-13(23)19(30)25-15(21(31)32)18-16(28)17(29)20(34-18)26-12-11-14(27)24-22(26)33/h11-13,15-18,20,28-29H,2-10,23H2,1H3,(H,25,30)(H,31,32)(H,24,27,33)/t13?,15-,16-,17+,18+,20+/m0/s1. The minimum Gasteiger partial charge on any atom is -0.480 e. The molecule has 192 valence electrons. The van der Waals surface area contributed by atoms with Crippen molar-refractivity contribution in [2.45, 2.75) is 101 Å². The lowest BCUT2D eigenvalue weighted by Gasteiger charge is -2.24. The summed E-state index contributed by atoms with van der Waals surface area (Å²) in [7, 11) is 0. The van der Waals surface area contributed by atoms with Crippen molar-refractivity contribution in [3.63, 3.8) is 0 Å². The van der Waals surface area contributed by atoms with Gasteiger partial charge in [-0.25, -0.2) is 9.59 Å². The monoisotopic (exact) mass is 484 g/mol. The summed E-state index contributed by atoms with van der Waals surface area (Å²) in [5.41, 5.74) is 4.34. The predicted octanol–water partition coefficient (Wildman–Crippen LogP) is -0.417. The number of aliphatic carboxylic acids is 1. The molecule has 0 aromatic carbocycles. The van der Waals surface area contributed by atoms with E-state index in [1.807, 2.05) is 4.98 Å². The van der Waals surface area contributed by atoms with Crippen molar-refractivity contribution in [2.24, 2.45) is 5.73 Å². The van der Waals surface area contributed by atoms with Gasteiger partial charge < -0.3 is 31.1 Å². The lowest BCUT2D eigenvalue weighted by molar-refractivity contribution is -0.149. The second kappa shape index (κ2) is 13.4. The third kappa shape index (κ3) is 7.49. The highest BCUT2D eigenvalue weighted by atomic mass is 16.6. The number of amides is 1. The van der Waals surface area contributed by atoms with Gasteiger partial charge in [0.05, 0.1) is 6.04 Å². The van der Waals surface area contributed by atoms with Gasteiger partial charge in [0, 0.05) is 12.3 Å². The van der Waals surface area contributed by atoms with E-state index in [1.54, 1.807) is 0 Å². The van der Waals surface area contributed by atoms with Crippen LogP contribution in [0.2, 0.25) is 0 Å². The van der Waals surface area contributed by atoms with E-state index in [9.17, 15) is 34.5 Å². The van der Waals surface area contributed by atoms with E-state index < -0.39 is 59.7 Å². The number of H-pyrrole nitrogens is 1. The Morgan fingerprint density at radius 1 is 1.12 bits per heavy atom. The molecule has 7 N–H and O–H groups in total. The van der Waals surface area contributed by atoms with Gasteiger partial charge in [0.15, 0.2) is 12.3 Å². The van der Waals surface area contributed by atoms with E-state index in [0.717, 1.165) is 42.5 Å². The predicted molar refractivity (Wildman–Crippen MR) is 122 cm³/mol. The molecule has 12 heteroatoms. The number of ether oxygens (including phenoxy) is 1. The molecule has 1 aromatic rings. The summed E-state index contributed by atoms with van der Waals surface area (Å²) < 4.78 is 6.28. The van der Waals surface area contributed by atoms with Crippen LogP contribution in [0.15, 0.2) is 21.9 Å². The van der Waals surface area contributed by atoms with Gasteiger partial charge in [0.1, 0.15) is 18.3 Å². The van der Waals surface area contributed by atoms with Gasteiger partial charge in [-0.15, -0.1) is 0 Å². The van der Waals surface area contributed by atoms with E-state index in [-0.39, 0.29) is 0 Å². The third-order valence-electron chi connectivity index (χ3n) is 6.00. The average Bonchev–Trinajstić information content (AvgIpc) is 3.07. The van der Waals surface area contributed by atoms with Crippen LogP contribution < -0.4 is 22.3 Å². The number of hydrogen-bond acceptors (Lipinski definition) is 8. The van der Waals surface area contributed by atoms with Crippen molar-refractivity contribution in [1.82, 2.24) is 14.9 Å². The smallest absolute Gasteiger partial charge is 0.330 e. The number of nitrogens with one attached hydrogen (secondary N) is 2. The van der Waals surface area contributed by atoms with E-state index in [2.05, 4.69) is 12.2 Å². The lowest BCUT2D eigenvalue weighted by atomic mass is 10.0. The summed E-state index contributed by atoms with van der Waals surface area (Å²) >= 11 is 0. The highest BCUT2D eigenvalue weighted by Crippen LogP contribution is 2.30. The van der Waals surface area contributed by atoms with Crippen molar-refractivity contribution in [3.8, 4) is 0 Å². The Labute approximate surface area is 197 Å². The molecule has 1 saturated heterocycles. The van der Waals surface area contributed by atoms with Crippen LogP contribution in [0.1, 0.15) is 70.9 Å². The summed E-state index contributed by atoms with van der Waals surface area (Å²) in [6.45, 7) is 2.16. The van der Waals surface area contributed by atoms with Crippen LogP contribution in [-0.2, 0) is 14.3 Å². The van der Waals surface area contributed by atoms with Gasteiger partial charge in [0.25, 0.3) is 5.56 Å². The first-order chi connectivity index (χ1) is 16.2. The van der Waals surface area contributed by atoms with Gasteiger partial charge in [-0.05, 0) is 6.42 Å².